The smallest absolute Gasteiger partial charge is 0.424 e. The average Bonchev–Trinajstić information content (AvgIpc) is 3.20. The first-order chi connectivity index (χ1) is 18.3. The normalized spacial score (nSPS) is 14.2. The maximum atomic E-state index is 13.4. The molecule has 212 valence electrons. The topological polar surface area (TPSA) is 90.0 Å². The van der Waals surface area contributed by atoms with Crippen molar-refractivity contribution in [3.63, 3.8) is 0 Å². The third-order valence-corrected chi connectivity index (χ3v) is 8.13. The van der Waals surface area contributed by atoms with E-state index >= 15 is 0 Å². The van der Waals surface area contributed by atoms with Crippen molar-refractivity contribution in [1.29, 1.82) is 0 Å². The molecule has 0 aliphatic heterocycles. The van der Waals surface area contributed by atoms with Crippen LogP contribution >= 0.6 is 11.6 Å². The number of carbonyl (C=O) groups excluding carboxylic acids is 2. The zero-order chi connectivity index (χ0) is 28.8. The van der Waals surface area contributed by atoms with Gasteiger partial charge in [-0.3, -0.25) is 4.79 Å². The highest BCUT2D eigenvalue weighted by Gasteiger charge is 2.33. The number of ketones is 1. The first-order valence-electron chi connectivity index (χ1n) is 13.2. The number of rotatable bonds is 11. The fourth-order valence-corrected chi connectivity index (χ4v) is 5.61. The van der Waals surface area contributed by atoms with E-state index in [0.29, 0.717) is 49.7 Å². The summed E-state index contributed by atoms with van der Waals surface area (Å²) in [6.45, 7) is 9.71. The minimum atomic E-state index is -4.17. The molecule has 9 heteroatoms. The average molecular weight is 576 g/mol. The second kappa shape index (κ2) is 13.0. The van der Waals surface area contributed by atoms with Gasteiger partial charge in [-0.2, -0.15) is 0 Å². The van der Waals surface area contributed by atoms with Crippen LogP contribution < -0.4 is 0 Å². The van der Waals surface area contributed by atoms with Gasteiger partial charge < -0.3 is 9.47 Å². The molecule has 2 aromatic carbocycles. The third kappa shape index (κ3) is 8.83. The fraction of sp³-hybridized carbons (Fsp3) is 0.467. The molecule has 0 N–H and O–H groups in total. The summed E-state index contributed by atoms with van der Waals surface area (Å²) in [5.41, 5.74) is 1.79. The van der Waals surface area contributed by atoms with Crippen LogP contribution in [0, 0.1) is 5.92 Å². The van der Waals surface area contributed by atoms with E-state index in [1.807, 2.05) is 24.3 Å². The van der Waals surface area contributed by atoms with Crippen molar-refractivity contribution >= 4 is 33.5 Å². The quantitative estimate of drug-likeness (QED) is 0.295. The molecule has 0 unspecified atom stereocenters. The summed E-state index contributed by atoms with van der Waals surface area (Å²) in [5, 5.41) is 0.392. The highest BCUT2D eigenvalue weighted by Crippen LogP contribution is 2.28. The summed E-state index contributed by atoms with van der Waals surface area (Å²) in [6.07, 6.45) is 1.75. The minimum absolute atomic E-state index is 0.0449. The lowest BCUT2D eigenvalue weighted by Gasteiger charge is -2.27. The molecule has 0 bridgehead atoms. The Morgan fingerprint density at radius 1 is 1.00 bits per heavy atom. The molecule has 1 aliphatic carbocycles. The molecular weight excluding hydrogens is 538 g/mol. The van der Waals surface area contributed by atoms with Gasteiger partial charge in [0.15, 0.2) is 5.78 Å². The number of sulfonamides is 1. The number of amides is 1. The number of benzene rings is 2. The van der Waals surface area contributed by atoms with Crippen LogP contribution in [0.15, 0.2) is 64.8 Å². The van der Waals surface area contributed by atoms with E-state index in [-0.39, 0.29) is 17.2 Å². The van der Waals surface area contributed by atoms with Crippen molar-refractivity contribution in [2.24, 2.45) is 5.92 Å². The number of hydrogen-bond donors (Lipinski definition) is 0. The molecule has 7 nitrogen and oxygen atoms in total. The van der Waals surface area contributed by atoms with Gasteiger partial charge in [0.25, 0.3) is 10.0 Å². The highest BCUT2D eigenvalue weighted by molar-refractivity contribution is 7.89. The van der Waals surface area contributed by atoms with Crippen LogP contribution in [-0.2, 0) is 37.1 Å². The van der Waals surface area contributed by atoms with Crippen molar-refractivity contribution < 1.29 is 27.5 Å². The lowest BCUT2D eigenvalue weighted by Crippen LogP contribution is -2.41. The molecule has 0 saturated heterocycles. The Balaban J connectivity index is 1.75. The van der Waals surface area contributed by atoms with Crippen molar-refractivity contribution in [2.75, 3.05) is 13.2 Å². The monoisotopic (exact) mass is 575 g/mol. The number of aryl methyl sites for hydroxylation is 1. The number of carbonyl (C=O) groups is 2. The zero-order valence-corrected chi connectivity index (χ0v) is 24.9. The molecule has 0 saturated carbocycles. The minimum Gasteiger partial charge on any atom is -0.497 e. The molecular formula is C30H38ClNO6S. The van der Waals surface area contributed by atoms with Gasteiger partial charge in [-0.05, 0) is 81.3 Å². The van der Waals surface area contributed by atoms with E-state index in [1.54, 1.807) is 20.8 Å². The van der Waals surface area contributed by atoms with Gasteiger partial charge in [-0.15, -0.1) is 0 Å². The van der Waals surface area contributed by atoms with E-state index in [9.17, 15) is 18.0 Å². The van der Waals surface area contributed by atoms with Crippen LogP contribution in [0.3, 0.4) is 0 Å². The SMILES string of the molecule is CC(C)COC1=C(CCc2cccc(CCN(C(=O)OC(C)(C)C)S(=O)(=O)c3ccc(Cl)cc3)c2)C(=O)CC1. The molecule has 2 aromatic rings. The van der Waals surface area contributed by atoms with E-state index in [4.69, 9.17) is 21.1 Å². The summed E-state index contributed by atoms with van der Waals surface area (Å²) < 4.78 is 38.9. The second-order valence-electron chi connectivity index (χ2n) is 11.1. The van der Waals surface area contributed by atoms with Crippen LogP contribution in [0.4, 0.5) is 4.79 Å². The lowest BCUT2D eigenvalue weighted by atomic mass is 10.0. The number of hydrogen-bond acceptors (Lipinski definition) is 6. The van der Waals surface area contributed by atoms with Gasteiger partial charge in [-0.1, -0.05) is 49.7 Å². The molecule has 1 aliphatic rings. The van der Waals surface area contributed by atoms with Crippen LogP contribution in [0.1, 0.15) is 65.0 Å². The number of allylic oxidation sites excluding steroid dienone is 2. The Morgan fingerprint density at radius 2 is 1.64 bits per heavy atom. The molecule has 0 heterocycles. The summed E-state index contributed by atoms with van der Waals surface area (Å²) in [4.78, 5) is 25.4. The standard InChI is InChI=1S/C30H38ClNO6S/c1-21(2)20-37-28-16-15-27(33)26(28)14-9-22-7-6-8-23(19-22)17-18-32(29(34)38-30(3,4)5)39(35,36)25-12-10-24(31)11-13-25/h6-8,10-13,19,21H,9,14-18,20H2,1-5H3. The van der Waals surface area contributed by atoms with Crippen molar-refractivity contribution in [3.8, 4) is 0 Å². The highest BCUT2D eigenvalue weighted by atomic mass is 35.5. The van der Waals surface area contributed by atoms with Gasteiger partial charge in [0.2, 0.25) is 0 Å². The van der Waals surface area contributed by atoms with Gasteiger partial charge in [0.1, 0.15) is 11.4 Å². The number of halogens is 1. The number of ether oxygens (including phenoxy) is 2. The van der Waals surface area contributed by atoms with Gasteiger partial charge in [0.05, 0.1) is 11.5 Å². The third-order valence-electron chi connectivity index (χ3n) is 6.10. The van der Waals surface area contributed by atoms with Crippen molar-refractivity contribution in [3.05, 3.63) is 76.0 Å². The molecule has 0 spiro atoms. The maximum absolute atomic E-state index is 13.4. The maximum Gasteiger partial charge on any atom is 0.424 e. The molecule has 3 rings (SSSR count). The van der Waals surface area contributed by atoms with E-state index in [2.05, 4.69) is 13.8 Å². The zero-order valence-electron chi connectivity index (χ0n) is 23.3. The Bertz CT molecular complexity index is 1310. The van der Waals surface area contributed by atoms with Gasteiger partial charge in [0, 0.05) is 30.0 Å². The van der Waals surface area contributed by atoms with E-state index in [0.717, 1.165) is 26.8 Å². The van der Waals surface area contributed by atoms with Gasteiger partial charge in [-0.25, -0.2) is 17.5 Å². The summed E-state index contributed by atoms with van der Waals surface area (Å²) in [7, 11) is -4.17. The molecule has 0 radical (unpaired) electrons. The predicted molar refractivity (Wildman–Crippen MR) is 152 cm³/mol. The second-order valence-corrected chi connectivity index (χ2v) is 13.4. The van der Waals surface area contributed by atoms with Crippen LogP contribution in [0.5, 0.6) is 0 Å². The molecule has 1 amide bonds. The Labute approximate surface area is 237 Å². The Kier molecular flexibility index (Phi) is 10.2. The lowest BCUT2D eigenvalue weighted by molar-refractivity contribution is -0.115. The molecule has 39 heavy (non-hydrogen) atoms. The van der Waals surface area contributed by atoms with E-state index < -0.39 is 21.7 Å². The largest absolute Gasteiger partial charge is 0.497 e. The first-order valence-corrected chi connectivity index (χ1v) is 15.0. The number of nitrogens with zero attached hydrogens (tertiary/aromatic N) is 1. The van der Waals surface area contributed by atoms with E-state index in [1.165, 1.54) is 24.3 Å². The summed E-state index contributed by atoms with van der Waals surface area (Å²) in [6, 6.07) is 13.4. The van der Waals surface area contributed by atoms with Crippen LogP contribution in [0.25, 0.3) is 0 Å². The summed E-state index contributed by atoms with van der Waals surface area (Å²) >= 11 is 5.93. The number of Topliss-reactive ketones (excluding diaryl/α,β-unsaturated/α-hetero) is 1. The first kappa shape index (κ1) is 30.7. The van der Waals surface area contributed by atoms with Crippen molar-refractivity contribution in [1.82, 2.24) is 4.31 Å². The Morgan fingerprint density at radius 3 is 2.26 bits per heavy atom. The van der Waals surface area contributed by atoms with Crippen molar-refractivity contribution in [2.45, 2.75) is 77.2 Å². The van der Waals surface area contributed by atoms with Crippen LogP contribution in [0.2, 0.25) is 5.02 Å². The molecule has 0 fully saturated rings. The molecule has 0 aromatic heterocycles. The fourth-order valence-electron chi connectivity index (χ4n) is 4.19. The predicted octanol–water partition coefficient (Wildman–Crippen LogP) is 6.73. The van der Waals surface area contributed by atoms with Crippen LogP contribution in [-0.4, -0.2) is 43.4 Å². The van der Waals surface area contributed by atoms with Gasteiger partial charge >= 0.3 is 6.09 Å². The molecule has 0 atom stereocenters. The Hall–Kier alpha value is -2.84. The summed E-state index contributed by atoms with van der Waals surface area (Å²) in [5.74, 6) is 1.34.